The van der Waals surface area contributed by atoms with Crippen molar-refractivity contribution in [2.24, 2.45) is 0 Å². The number of amides is 1. The van der Waals surface area contributed by atoms with Crippen molar-refractivity contribution in [3.05, 3.63) is 76.2 Å². The lowest BCUT2D eigenvalue weighted by molar-refractivity contribution is -0.123. The fourth-order valence-corrected chi connectivity index (χ4v) is 3.09. The molecule has 1 aromatic heterocycles. The molecule has 3 aromatic rings. The van der Waals surface area contributed by atoms with Gasteiger partial charge in [0, 0.05) is 5.69 Å². The van der Waals surface area contributed by atoms with Crippen molar-refractivity contribution in [1.29, 1.82) is 0 Å². The van der Waals surface area contributed by atoms with Gasteiger partial charge in [-0.2, -0.15) is 0 Å². The Morgan fingerprint density at radius 1 is 1.06 bits per heavy atom. The van der Waals surface area contributed by atoms with Crippen molar-refractivity contribution in [3.8, 4) is 5.75 Å². The minimum atomic E-state index is -0.960. The molecule has 0 spiro atoms. The lowest BCUT2D eigenvalue weighted by atomic mass is 10.1. The molecule has 0 bridgehead atoms. The molecule has 1 heterocycles. The highest BCUT2D eigenvalue weighted by Crippen LogP contribution is 2.21. The van der Waals surface area contributed by atoms with E-state index in [4.69, 9.17) is 14.0 Å². The number of carbonyl (C=O) groups is 2. The van der Waals surface area contributed by atoms with Crippen LogP contribution in [0.2, 0.25) is 0 Å². The molecular formula is C24H26N2O5. The van der Waals surface area contributed by atoms with Gasteiger partial charge in [-0.1, -0.05) is 29.4 Å². The smallest absolute Gasteiger partial charge is 0.339 e. The van der Waals surface area contributed by atoms with Crippen LogP contribution in [-0.2, 0) is 16.1 Å². The molecule has 3 rings (SSSR count). The lowest BCUT2D eigenvalue weighted by Crippen LogP contribution is -2.30. The first-order chi connectivity index (χ1) is 14.8. The van der Waals surface area contributed by atoms with Crippen molar-refractivity contribution < 1.29 is 23.6 Å². The number of aryl methyl sites for hydroxylation is 4. The maximum Gasteiger partial charge on any atom is 0.339 e. The van der Waals surface area contributed by atoms with Gasteiger partial charge in [-0.15, -0.1) is 0 Å². The monoisotopic (exact) mass is 422 g/mol. The number of anilines is 1. The number of ether oxygens (including phenoxy) is 2. The molecule has 0 saturated heterocycles. The minimum absolute atomic E-state index is 0.272. The SMILES string of the molecule is Cc1cccc(C)c1NC(=O)[C@@H](C)OC(=O)c1cccc(OCc2c(C)noc2C)c1. The second-order valence-corrected chi connectivity index (χ2v) is 7.42. The Bertz CT molecular complexity index is 1060. The van der Waals surface area contributed by atoms with Gasteiger partial charge in [0.15, 0.2) is 6.10 Å². The van der Waals surface area contributed by atoms with Crippen LogP contribution in [0.3, 0.4) is 0 Å². The Labute approximate surface area is 181 Å². The van der Waals surface area contributed by atoms with E-state index in [1.54, 1.807) is 31.2 Å². The summed E-state index contributed by atoms with van der Waals surface area (Å²) in [4.78, 5) is 25.1. The highest BCUT2D eigenvalue weighted by Gasteiger charge is 2.20. The third-order valence-electron chi connectivity index (χ3n) is 5.02. The number of nitrogens with zero attached hydrogens (tertiary/aromatic N) is 1. The fourth-order valence-electron chi connectivity index (χ4n) is 3.09. The number of rotatable bonds is 7. The number of nitrogens with one attached hydrogen (secondary N) is 1. The molecule has 2 aromatic carbocycles. The molecule has 162 valence electrons. The highest BCUT2D eigenvalue weighted by molar-refractivity contribution is 5.98. The maximum absolute atomic E-state index is 12.6. The van der Waals surface area contributed by atoms with Crippen molar-refractivity contribution >= 4 is 17.6 Å². The molecule has 0 unspecified atom stereocenters. The summed E-state index contributed by atoms with van der Waals surface area (Å²) in [5, 5.41) is 6.73. The number of benzene rings is 2. The van der Waals surface area contributed by atoms with E-state index in [-0.39, 0.29) is 6.61 Å². The summed E-state index contributed by atoms with van der Waals surface area (Å²) in [5.41, 5.74) is 4.53. The number of para-hydroxylation sites is 1. The molecule has 0 radical (unpaired) electrons. The quantitative estimate of drug-likeness (QED) is 0.557. The van der Waals surface area contributed by atoms with Crippen LogP contribution in [0.5, 0.6) is 5.75 Å². The largest absolute Gasteiger partial charge is 0.489 e. The van der Waals surface area contributed by atoms with Gasteiger partial charge in [-0.05, 0) is 63.9 Å². The van der Waals surface area contributed by atoms with Crippen LogP contribution < -0.4 is 10.1 Å². The molecule has 1 N–H and O–H groups in total. The van der Waals surface area contributed by atoms with E-state index in [1.807, 2.05) is 45.9 Å². The third-order valence-corrected chi connectivity index (χ3v) is 5.02. The fraction of sp³-hybridized carbons (Fsp3) is 0.292. The van der Waals surface area contributed by atoms with Crippen LogP contribution in [-0.4, -0.2) is 23.1 Å². The number of esters is 1. The number of hydrogen-bond donors (Lipinski definition) is 1. The maximum atomic E-state index is 12.6. The van der Waals surface area contributed by atoms with E-state index in [1.165, 1.54) is 0 Å². The Morgan fingerprint density at radius 3 is 2.39 bits per heavy atom. The zero-order valence-electron chi connectivity index (χ0n) is 18.3. The molecule has 7 heteroatoms. The first-order valence-corrected chi connectivity index (χ1v) is 9.99. The summed E-state index contributed by atoms with van der Waals surface area (Å²) in [6.45, 7) is 9.29. The van der Waals surface area contributed by atoms with Gasteiger partial charge in [-0.3, -0.25) is 4.79 Å². The summed E-state index contributed by atoms with van der Waals surface area (Å²) in [6.07, 6.45) is -0.960. The number of aromatic nitrogens is 1. The van der Waals surface area contributed by atoms with Crippen molar-refractivity contribution in [2.75, 3.05) is 5.32 Å². The summed E-state index contributed by atoms with van der Waals surface area (Å²) < 4.78 is 16.3. The number of hydrogen-bond acceptors (Lipinski definition) is 6. The molecule has 0 fully saturated rings. The van der Waals surface area contributed by atoms with Crippen LogP contribution in [0.1, 0.15) is 45.4 Å². The molecule has 0 saturated carbocycles. The van der Waals surface area contributed by atoms with Gasteiger partial charge in [0.05, 0.1) is 16.8 Å². The van der Waals surface area contributed by atoms with E-state index in [9.17, 15) is 9.59 Å². The molecule has 1 amide bonds. The summed E-state index contributed by atoms with van der Waals surface area (Å²) >= 11 is 0. The predicted octanol–water partition coefficient (Wildman–Crippen LogP) is 4.67. The van der Waals surface area contributed by atoms with E-state index in [0.717, 1.165) is 28.1 Å². The molecule has 7 nitrogen and oxygen atoms in total. The zero-order chi connectivity index (χ0) is 22.5. The van der Waals surface area contributed by atoms with Crippen molar-refractivity contribution in [3.63, 3.8) is 0 Å². The molecular weight excluding hydrogens is 396 g/mol. The van der Waals surface area contributed by atoms with Gasteiger partial charge < -0.3 is 19.3 Å². The van der Waals surface area contributed by atoms with Gasteiger partial charge in [0.1, 0.15) is 18.1 Å². The molecule has 0 aliphatic carbocycles. The average Bonchev–Trinajstić information content (AvgIpc) is 3.06. The van der Waals surface area contributed by atoms with Crippen LogP contribution in [0.15, 0.2) is 47.0 Å². The zero-order valence-corrected chi connectivity index (χ0v) is 18.3. The van der Waals surface area contributed by atoms with Crippen LogP contribution in [0.25, 0.3) is 0 Å². The standard InChI is InChI=1S/C24H26N2O5/c1-14-8-6-9-15(2)22(14)25-23(27)18(5)30-24(28)19-10-7-11-20(12-19)29-13-21-16(3)26-31-17(21)4/h6-12,18H,13H2,1-5H3,(H,25,27)/t18-/m1/s1. The van der Waals surface area contributed by atoms with E-state index < -0.39 is 18.0 Å². The summed E-state index contributed by atoms with van der Waals surface area (Å²) in [6, 6.07) is 12.4. The predicted molar refractivity (Wildman–Crippen MR) is 116 cm³/mol. The first kappa shape index (κ1) is 22.1. The van der Waals surface area contributed by atoms with Gasteiger partial charge in [-0.25, -0.2) is 4.79 Å². The van der Waals surface area contributed by atoms with Crippen LogP contribution >= 0.6 is 0 Å². The van der Waals surface area contributed by atoms with Crippen LogP contribution in [0.4, 0.5) is 5.69 Å². The average molecular weight is 422 g/mol. The second-order valence-electron chi connectivity index (χ2n) is 7.42. The minimum Gasteiger partial charge on any atom is -0.489 e. The molecule has 0 aliphatic heterocycles. The molecule has 0 aliphatic rings. The van der Waals surface area contributed by atoms with Gasteiger partial charge in [0.25, 0.3) is 5.91 Å². The molecule has 31 heavy (non-hydrogen) atoms. The van der Waals surface area contributed by atoms with E-state index in [0.29, 0.717) is 17.1 Å². The van der Waals surface area contributed by atoms with Crippen LogP contribution in [0, 0.1) is 27.7 Å². The van der Waals surface area contributed by atoms with E-state index in [2.05, 4.69) is 10.5 Å². The van der Waals surface area contributed by atoms with Gasteiger partial charge >= 0.3 is 5.97 Å². The Morgan fingerprint density at radius 2 is 1.74 bits per heavy atom. The molecule has 1 atom stereocenters. The topological polar surface area (TPSA) is 90.7 Å². The summed E-state index contributed by atoms with van der Waals surface area (Å²) in [7, 11) is 0. The Kier molecular flexibility index (Phi) is 6.74. The Hall–Kier alpha value is -3.61. The van der Waals surface area contributed by atoms with Crippen molar-refractivity contribution in [2.45, 2.75) is 47.3 Å². The Balaban J connectivity index is 1.62. The second kappa shape index (κ2) is 9.47. The number of carbonyl (C=O) groups excluding carboxylic acids is 2. The highest BCUT2D eigenvalue weighted by atomic mass is 16.5. The van der Waals surface area contributed by atoms with E-state index >= 15 is 0 Å². The third kappa shape index (κ3) is 5.31. The lowest BCUT2D eigenvalue weighted by Gasteiger charge is -2.16. The normalized spacial score (nSPS) is 11.6. The van der Waals surface area contributed by atoms with Gasteiger partial charge in [0.2, 0.25) is 0 Å². The van der Waals surface area contributed by atoms with Crippen molar-refractivity contribution in [1.82, 2.24) is 5.16 Å². The first-order valence-electron chi connectivity index (χ1n) is 9.99. The summed E-state index contributed by atoms with van der Waals surface area (Å²) in [5.74, 6) is 0.197.